The van der Waals surface area contributed by atoms with Crippen LogP contribution >= 0.6 is 11.6 Å². The molecule has 0 amide bonds. The summed E-state index contributed by atoms with van der Waals surface area (Å²) in [6.45, 7) is 5.19. The molecule has 6 heteroatoms. The Labute approximate surface area is 134 Å². The predicted octanol–water partition coefficient (Wildman–Crippen LogP) is 2.64. The van der Waals surface area contributed by atoms with E-state index in [0.29, 0.717) is 10.6 Å². The summed E-state index contributed by atoms with van der Waals surface area (Å²) >= 11 is 6.29. The molecule has 22 heavy (non-hydrogen) atoms. The van der Waals surface area contributed by atoms with Gasteiger partial charge in [-0.15, -0.1) is 0 Å². The number of rotatable bonds is 2. The Morgan fingerprint density at radius 1 is 1.14 bits per heavy atom. The smallest absolute Gasteiger partial charge is 0.132 e. The van der Waals surface area contributed by atoms with Crippen molar-refractivity contribution in [2.75, 3.05) is 36.0 Å². The molecule has 1 aliphatic rings. The summed E-state index contributed by atoms with van der Waals surface area (Å²) < 4.78 is 0. The van der Waals surface area contributed by atoms with Gasteiger partial charge >= 0.3 is 0 Å². The van der Waals surface area contributed by atoms with Crippen molar-refractivity contribution in [1.82, 2.24) is 9.97 Å². The first-order chi connectivity index (χ1) is 10.7. The van der Waals surface area contributed by atoms with Crippen molar-refractivity contribution in [1.29, 1.82) is 5.26 Å². The quantitative estimate of drug-likeness (QED) is 0.853. The Kier molecular flexibility index (Phi) is 4.12. The number of anilines is 2. The van der Waals surface area contributed by atoms with Gasteiger partial charge in [0.05, 0.1) is 16.3 Å². The molecule has 1 saturated heterocycles. The molecule has 1 aliphatic heterocycles. The normalized spacial score (nSPS) is 14.8. The minimum absolute atomic E-state index is 0.624. The Hall–Kier alpha value is -2.32. The summed E-state index contributed by atoms with van der Waals surface area (Å²) in [4.78, 5) is 13.0. The van der Waals surface area contributed by atoms with Crippen LogP contribution in [0.1, 0.15) is 11.4 Å². The van der Waals surface area contributed by atoms with Gasteiger partial charge in [-0.1, -0.05) is 17.7 Å². The third-order valence-electron chi connectivity index (χ3n) is 3.79. The summed E-state index contributed by atoms with van der Waals surface area (Å²) in [5, 5.41) is 9.90. The molecule has 1 aromatic carbocycles. The zero-order valence-electron chi connectivity index (χ0n) is 12.3. The molecular weight excluding hydrogens is 298 g/mol. The number of piperazine rings is 1. The summed E-state index contributed by atoms with van der Waals surface area (Å²) in [7, 11) is 0. The molecule has 0 radical (unpaired) electrons. The van der Waals surface area contributed by atoms with Gasteiger partial charge in [-0.05, 0) is 25.1 Å². The second-order valence-electron chi connectivity index (χ2n) is 5.18. The van der Waals surface area contributed by atoms with Crippen LogP contribution in [0, 0.1) is 18.3 Å². The van der Waals surface area contributed by atoms with E-state index in [1.54, 1.807) is 12.3 Å². The number of para-hydroxylation sites is 1. The number of aromatic nitrogens is 2. The van der Waals surface area contributed by atoms with E-state index in [1.807, 2.05) is 25.1 Å². The molecule has 0 spiro atoms. The zero-order valence-corrected chi connectivity index (χ0v) is 13.1. The third-order valence-corrected chi connectivity index (χ3v) is 4.09. The van der Waals surface area contributed by atoms with Gasteiger partial charge in [0.2, 0.25) is 0 Å². The lowest BCUT2D eigenvalue weighted by Crippen LogP contribution is -2.47. The number of hydrogen-bond acceptors (Lipinski definition) is 5. The van der Waals surface area contributed by atoms with Gasteiger partial charge in [-0.2, -0.15) is 5.26 Å². The van der Waals surface area contributed by atoms with Gasteiger partial charge in [0.15, 0.2) is 0 Å². The van der Waals surface area contributed by atoms with Gasteiger partial charge in [0.1, 0.15) is 17.7 Å². The van der Waals surface area contributed by atoms with E-state index < -0.39 is 0 Å². The first kappa shape index (κ1) is 14.6. The molecule has 3 rings (SSSR count). The first-order valence-electron chi connectivity index (χ1n) is 7.17. The van der Waals surface area contributed by atoms with Crippen LogP contribution in [0.4, 0.5) is 11.5 Å². The topological polar surface area (TPSA) is 56.1 Å². The molecule has 1 fully saturated rings. The SMILES string of the molecule is Cc1nccc(N2CCN(c3c(Cl)cccc3C#N)CC2)n1. The number of nitriles is 1. The Morgan fingerprint density at radius 2 is 1.86 bits per heavy atom. The largest absolute Gasteiger partial charge is 0.366 e. The lowest BCUT2D eigenvalue weighted by atomic mass is 10.1. The van der Waals surface area contributed by atoms with Crippen LogP contribution < -0.4 is 9.80 Å². The monoisotopic (exact) mass is 313 g/mol. The van der Waals surface area contributed by atoms with Gasteiger partial charge in [0, 0.05) is 32.4 Å². The van der Waals surface area contributed by atoms with Crippen LogP contribution in [-0.4, -0.2) is 36.1 Å². The van der Waals surface area contributed by atoms with Crippen LogP contribution in [0.2, 0.25) is 5.02 Å². The third kappa shape index (κ3) is 2.83. The number of nitrogens with zero attached hydrogens (tertiary/aromatic N) is 5. The average Bonchev–Trinajstić information content (AvgIpc) is 2.55. The predicted molar refractivity (Wildman–Crippen MR) is 87.4 cm³/mol. The lowest BCUT2D eigenvalue weighted by molar-refractivity contribution is 0.645. The molecule has 112 valence electrons. The highest BCUT2D eigenvalue weighted by molar-refractivity contribution is 6.33. The van der Waals surface area contributed by atoms with Crippen molar-refractivity contribution >= 4 is 23.1 Å². The fourth-order valence-electron chi connectivity index (χ4n) is 2.71. The molecule has 0 N–H and O–H groups in total. The molecule has 0 bridgehead atoms. The molecule has 0 unspecified atom stereocenters. The van der Waals surface area contributed by atoms with Crippen molar-refractivity contribution in [2.45, 2.75) is 6.92 Å². The fraction of sp³-hybridized carbons (Fsp3) is 0.312. The molecular formula is C16H16ClN5. The van der Waals surface area contributed by atoms with Crippen molar-refractivity contribution in [3.05, 3.63) is 46.9 Å². The molecule has 2 heterocycles. The van der Waals surface area contributed by atoms with Crippen LogP contribution in [0.3, 0.4) is 0 Å². The minimum Gasteiger partial charge on any atom is -0.366 e. The van der Waals surface area contributed by atoms with E-state index in [4.69, 9.17) is 11.6 Å². The molecule has 0 saturated carbocycles. The van der Waals surface area contributed by atoms with E-state index in [9.17, 15) is 5.26 Å². The van der Waals surface area contributed by atoms with Gasteiger partial charge < -0.3 is 9.80 Å². The highest BCUT2D eigenvalue weighted by atomic mass is 35.5. The van der Waals surface area contributed by atoms with Crippen molar-refractivity contribution in [2.24, 2.45) is 0 Å². The number of hydrogen-bond donors (Lipinski definition) is 0. The summed E-state index contributed by atoms with van der Waals surface area (Å²) in [5.41, 5.74) is 1.46. The first-order valence-corrected chi connectivity index (χ1v) is 7.55. The standard InChI is InChI=1S/C16H16ClN5/c1-12-19-6-5-15(20-12)21-7-9-22(10-8-21)16-13(11-18)3-2-4-14(16)17/h2-6H,7-10H2,1H3. The Morgan fingerprint density at radius 3 is 2.55 bits per heavy atom. The van der Waals surface area contributed by atoms with E-state index >= 15 is 0 Å². The maximum atomic E-state index is 9.27. The molecule has 2 aromatic rings. The van der Waals surface area contributed by atoms with Crippen molar-refractivity contribution in [3.8, 4) is 6.07 Å². The lowest BCUT2D eigenvalue weighted by Gasteiger charge is -2.37. The number of benzene rings is 1. The van der Waals surface area contributed by atoms with Crippen molar-refractivity contribution in [3.63, 3.8) is 0 Å². The Bertz CT molecular complexity index is 717. The van der Waals surface area contributed by atoms with Gasteiger partial charge in [-0.25, -0.2) is 9.97 Å². The molecule has 1 aromatic heterocycles. The van der Waals surface area contributed by atoms with Gasteiger partial charge in [0.25, 0.3) is 0 Å². The van der Waals surface area contributed by atoms with E-state index in [0.717, 1.165) is 43.5 Å². The van der Waals surface area contributed by atoms with Gasteiger partial charge in [-0.3, -0.25) is 0 Å². The summed E-state index contributed by atoms with van der Waals surface area (Å²) in [6.07, 6.45) is 1.78. The highest BCUT2D eigenvalue weighted by Crippen LogP contribution is 2.30. The summed E-state index contributed by atoms with van der Waals surface area (Å²) in [6, 6.07) is 9.60. The molecule has 0 aliphatic carbocycles. The average molecular weight is 314 g/mol. The number of aryl methyl sites for hydroxylation is 1. The minimum atomic E-state index is 0.624. The van der Waals surface area contributed by atoms with Crippen LogP contribution in [0.5, 0.6) is 0 Å². The molecule has 0 atom stereocenters. The summed E-state index contributed by atoms with van der Waals surface area (Å²) in [5.74, 6) is 1.73. The highest BCUT2D eigenvalue weighted by Gasteiger charge is 2.22. The second-order valence-corrected chi connectivity index (χ2v) is 5.59. The van der Waals surface area contributed by atoms with E-state index in [1.165, 1.54) is 0 Å². The number of halogens is 1. The van der Waals surface area contributed by atoms with E-state index in [-0.39, 0.29) is 0 Å². The maximum Gasteiger partial charge on any atom is 0.132 e. The van der Waals surface area contributed by atoms with Crippen molar-refractivity contribution < 1.29 is 0 Å². The maximum absolute atomic E-state index is 9.27. The molecule has 5 nitrogen and oxygen atoms in total. The van der Waals surface area contributed by atoms with Crippen LogP contribution in [0.15, 0.2) is 30.5 Å². The zero-order chi connectivity index (χ0) is 15.5. The van der Waals surface area contributed by atoms with Crippen LogP contribution in [-0.2, 0) is 0 Å². The Balaban J connectivity index is 1.77. The van der Waals surface area contributed by atoms with E-state index in [2.05, 4.69) is 25.8 Å². The fourth-order valence-corrected chi connectivity index (χ4v) is 3.00. The van der Waals surface area contributed by atoms with Crippen LogP contribution in [0.25, 0.3) is 0 Å². The second kappa shape index (κ2) is 6.20.